The van der Waals surface area contributed by atoms with Gasteiger partial charge in [0.2, 0.25) is 0 Å². The van der Waals surface area contributed by atoms with Gasteiger partial charge in [0, 0.05) is 37.8 Å². The topological polar surface area (TPSA) is 148 Å². The number of nitrogens with zero attached hydrogens (tertiary/aromatic N) is 2. The zero-order valence-electron chi connectivity index (χ0n) is 24.2. The molecular weight excluding hydrogens is 560 g/mol. The molecule has 3 heterocycles. The molecule has 2 aliphatic rings. The van der Waals surface area contributed by atoms with Crippen LogP contribution in [0.2, 0.25) is 0 Å². The number of carbonyl (C=O) groups is 2. The lowest BCUT2D eigenvalue weighted by Crippen LogP contribution is -2.44. The van der Waals surface area contributed by atoms with Gasteiger partial charge in [-0.3, -0.25) is 14.6 Å². The van der Waals surface area contributed by atoms with Crippen LogP contribution in [0.5, 0.6) is 11.5 Å². The molecule has 0 saturated carbocycles. The summed E-state index contributed by atoms with van der Waals surface area (Å²) in [6, 6.07) is 7.56. The second-order valence-electron chi connectivity index (χ2n) is 10.2. The molecular formula is C31H36N2O10. The van der Waals surface area contributed by atoms with E-state index in [1.54, 1.807) is 47.9 Å². The van der Waals surface area contributed by atoms with E-state index in [1.807, 2.05) is 6.07 Å². The van der Waals surface area contributed by atoms with Crippen molar-refractivity contribution >= 4 is 22.9 Å². The quantitative estimate of drug-likeness (QED) is 0.350. The predicted octanol–water partition coefficient (Wildman–Crippen LogP) is 2.74. The van der Waals surface area contributed by atoms with Crippen molar-refractivity contribution in [1.82, 2.24) is 9.80 Å². The Kier molecular flexibility index (Phi) is 9.61. The molecule has 0 spiro atoms. The summed E-state index contributed by atoms with van der Waals surface area (Å²) in [4.78, 5) is 44.4. The Labute approximate surface area is 248 Å². The summed E-state index contributed by atoms with van der Waals surface area (Å²) in [5.41, 5.74) is -0.549. The molecule has 0 amide bonds. The highest BCUT2D eigenvalue weighted by Gasteiger charge is 2.42. The van der Waals surface area contributed by atoms with Crippen LogP contribution in [0.1, 0.15) is 37.1 Å². The van der Waals surface area contributed by atoms with Crippen LogP contribution in [-0.4, -0.2) is 97.8 Å². The van der Waals surface area contributed by atoms with Crippen LogP contribution in [0.15, 0.2) is 45.6 Å². The normalized spacial score (nSPS) is 17.8. The first-order valence-corrected chi connectivity index (χ1v) is 14.4. The van der Waals surface area contributed by atoms with E-state index in [2.05, 4.69) is 0 Å². The van der Waals surface area contributed by atoms with Crippen molar-refractivity contribution in [3.63, 3.8) is 0 Å². The summed E-state index contributed by atoms with van der Waals surface area (Å²) < 4.78 is 28.1. The molecule has 12 nitrogen and oxygen atoms in total. The van der Waals surface area contributed by atoms with Gasteiger partial charge in [0.15, 0.2) is 11.0 Å². The van der Waals surface area contributed by atoms with Crippen LogP contribution in [0.3, 0.4) is 0 Å². The van der Waals surface area contributed by atoms with E-state index in [0.717, 1.165) is 0 Å². The number of carbonyl (C=O) groups excluding carboxylic acids is 2. The van der Waals surface area contributed by atoms with Crippen molar-refractivity contribution in [3.8, 4) is 22.8 Å². The smallest absolute Gasteiger partial charge is 0.328 e. The van der Waals surface area contributed by atoms with Crippen LogP contribution < -0.4 is 5.43 Å². The summed E-state index contributed by atoms with van der Waals surface area (Å²) >= 11 is 0. The zero-order chi connectivity index (χ0) is 30.5. The maximum absolute atomic E-state index is 13.8. The molecule has 2 aromatic carbocycles. The first kappa shape index (κ1) is 30.5. The van der Waals surface area contributed by atoms with Crippen molar-refractivity contribution in [2.75, 3.05) is 65.8 Å². The maximum atomic E-state index is 13.8. The lowest BCUT2D eigenvalue weighted by molar-refractivity contribution is -0.152. The molecule has 230 valence electrons. The fourth-order valence-electron chi connectivity index (χ4n) is 5.68. The molecule has 43 heavy (non-hydrogen) atoms. The number of morpholine rings is 2. The Bertz CT molecular complexity index is 1510. The van der Waals surface area contributed by atoms with Gasteiger partial charge in [0.1, 0.15) is 34.7 Å². The number of benzene rings is 2. The van der Waals surface area contributed by atoms with Crippen molar-refractivity contribution in [3.05, 3.63) is 57.7 Å². The number of phenolic OH excluding ortho intramolecular Hbond substituents is 2. The summed E-state index contributed by atoms with van der Waals surface area (Å²) in [5, 5.41) is 23.5. The van der Waals surface area contributed by atoms with Gasteiger partial charge in [-0.1, -0.05) is 30.3 Å². The third-order valence-electron chi connectivity index (χ3n) is 7.64. The van der Waals surface area contributed by atoms with Gasteiger partial charge in [-0.15, -0.1) is 0 Å². The number of phenols is 2. The Balaban J connectivity index is 1.86. The Morgan fingerprint density at radius 2 is 1.33 bits per heavy atom. The van der Waals surface area contributed by atoms with Crippen molar-refractivity contribution < 1.29 is 43.2 Å². The minimum Gasteiger partial charge on any atom is -0.507 e. The third kappa shape index (κ3) is 6.09. The minimum atomic E-state index is -1.30. The third-order valence-corrected chi connectivity index (χ3v) is 7.64. The van der Waals surface area contributed by atoms with E-state index in [1.165, 1.54) is 6.07 Å². The van der Waals surface area contributed by atoms with Crippen molar-refractivity contribution in [1.29, 1.82) is 0 Å². The highest BCUT2D eigenvalue weighted by atomic mass is 16.5. The number of hydrogen-bond acceptors (Lipinski definition) is 12. The van der Waals surface area contributed by atoms with Crippen LogP contribution in [0, 0.1) is 0 Å². The highest BCUT2D eigenvalue weighted by Crippen LogP contribution is 2.48. The fourth-order valence-corrected chi connectivity index (χ4v) is 5.68. The van der Waals surface area contributed by atoms with Gasteiger partial charge in [0.05, 0.1) is 50.8 Å². The molecule has 2 unspecified atom stereocenters. The molecule has 2 atom stereocenters. The first-order valence-electron chi connectivity index (χ1n) is 14.4. The lowest BCUT2D eigenvalue weighted by atomic mass is 9.91. The Morgan fingerprint density at radius 1 is 0.814 bits per heavy atom. The van der Waals surface area contributed by atoms with E-state index >= 15 is 0 Å². The van der Waals surface area contributed by atoms with Gasteiger partial charge >= 0.3 is 11.9 Å². The molecule has 0 radical (unpaired) electrons. The van der Waals surface area contributed by atoms with Gasteiger partial charge in [-0.25, -0.2) is 9.59 Å². The van der Waals surface area contributed by atoms with Crippen LogP contribution in [0.25, 0.3) is 22.3 Å². The summed E-state index contributed by atoms with van der Waals surface area (Å²) in [5.74, 6) is -2.44. The van der Waals surface area contributed by atoms with Gasteiger partial charge in [-0.05, 0) is 13.8 Å². The lowest BCUT2D eigenvalue weighted by Gasteiger charge is -2.36. The zero-order valence-corrected chi connectivity index (χ0v) is 24.2. The molecule has 12 heteroatoms. The number of ether oxygens (including phenoxy) is 4. The molecule has 5 rings (SSSR count). The van der Waals surface area contributed by atoms with E-state index in [-0.39, 0.29) is 41.1 Å². The van der Waals surface area contributed by atoms with Crippen LogP contribution in [0.4, 0.5) is 0 Å². The number of esters is 2. The molecule has 3 aromatic rings. The van der Waals surface area contributed by atoms with Gasteiger partial charge in [-0.2, -0.15) is 0 Å². The van der Waals surface area contributed by atoms with E-state index in [0.29, 0.717) is 58.2 Å². The molecule has 2 aliphatic heterocycles. The second kappa shape index (κ2) is 13.6. The predicted molar refractivity (Wildman–Crippen MR) is 155 cm³/mol. The van der Waals surface area contributed by atoms with Crippen LogP contribution >= 0.6 is 0 Å². The Morgan fingerprint density at radius 3 is 1.84 bits per heavy atom. The average molecular weight is 597 g/mol. The molecule has 0 bridgehead atoms. The number of fused-ring (bicyclic) bond motifs is 1. The maximum Gasteiger partial charge on any atom is 0.328 e. The average Bonchev–Trinajstić information content (AvgIpc) is 3.02. The number of aromatic hydroxyl groups is 2. The summed E-state index contributed by atoms with van der Waals surface area (Å²) in [6.45, 7) is 5.87. The SMILES string of the molecule is CCOC(=O)C(c1c(O)c(C(C(=O)OCC)N2CCOCC2)c2oc(-c3ccccc3)cc(=O)c2c1O)N1CCOCC1. The van der Waals surface area contributed by atoms with E-state index in [4.69, 9.17) is 23.4 Å². The molecule has 2 fully saturated rings. The minimum absolute atomic E-state index is 0.0451. The Hall–Kier alpha value is -3.97. The summed E-state index contributed by atoms with van der Waals surface area (Å²) in [6.07, 6.45) is 0. The molecule has 1 aromatic heterocycles. The van der Waals surface area contributed by atoms with Crippen molar-refractivity contribution in [2.24, 2.45) is 0 Å². The van der Waals surface area contributed by atoms with Gasteiger partial charge in [0.25, 0.3) is 0 Å². The van der Waals surface area contributed by atoms with E-state index < -0.39 is 41.0 Å². The summed E-state index contributed by atoms with van der Waals surface area (Å²) in [7, 11) is 0. The van der Waals surface area contributed by atoms with Crippen LogP contribution in [-0.2, 0) is 28.5 Å². The second-order valence-corrected chi connectivity index (χ2v) is 10.2. The fraction of sp³-hybridized carbons (Fsp3) is 0.452. The molecule has 2 N–H and O–H groups in total. The highest BCUT2D eigenvalue weighted by molar-refractivity contribution is 5.97. The standard InChI is InChI=1S/C31H36N2O10/c1-3-41-30(37)25(32-10-14-39-15-11-32)23-27(35)22-20(34)18-21(19-8-6-5-7-9-19)43-29(22)24(28(23)36)26(31(38)42-4-2)33-12-16-40-17-13-33/h5-9,18,25-26,35-36H,3-4,10-17H2,1-2H3. The number of hydrogen-bond donors (Lipinski definition) is 2. The van der Waals surface area contributed by atoms with E-state index in [9.17, 15) is 24.6 Å². The molecule has 0 aliphatic carbocycles. The van der Waals surface area contributed by atoms with Crippen molar-refractivity contribution in [2.45, 2.75) is 25.9 Å². The first-order chi connectivity index (χ1) is 20.9. The molecule has 2 saturated heterocycles. The largest absolute Gasteiger partial charge is 0.507 e. The number of rotatable bonds is 9. The van der Waals surface area contributed by atoms with Gasteiger partial charge < -0.3 is 33.6 Å². The monoisotopic (exact) mass is 596 g/mol.